The normalized spacial score (nSPS) is 16.5. The zero-order valence-corrected chi connectivity index (χ0v) is 15.2. The Morgan fingerprint density at radius 2 is 1.90 bits per heavy atom. The molecule has 0 saturated carbocycles. The number of piperazine rings is 1. The van der Waals surface area contributed by atoms with E-state index in [0.717, 1.165) is 38.2 Å². The van der Waals surface area contributed by atoms with E-state index in [1.807, 2.05) is 12.1 Å². The SMILES string of the molecule is C=C(C)C[C@@H](c1cccc(Cl)c1Cl)N1CCNCC1.Cl.Cl. The predicted octanol–water partition coefficient (Wildman–Crippen LogP) is 4.75. The first-order valence-corrected chi connectivity index (χ1v) is 7.38. The molecule has 1 atom stereocenters. The Hall–Kier alpha value is 0.0400. The minimum absolute atomic E-state index is 0. The molecule has 2 nitrogen and oxygen atoms in total. The molecule has 1 aliphatic rings. The van der Waals surface area contributed by atoms with Gasteiger partial charge in [0.1, 0.15) is 0 Å². The molecule has 0 bridgehead atoms. The second-order valence-electron chi connectivity index (χ2n) is 5.11. The quantitative estimate of drug-likeness (QED) is 0.768. The molecule has 2 rings (SSSR count). The molecule has 1 aromatic carbocycles. The van der Waals surface area contributed by atoms with Gasteiger partial charge in [-0.25, -0.2) is 0 Å². The smallest absolute Gasteiger partial charge is 0.0640 e. The fraction of sp³-hybridized carbons (Fsp3) is 0.467. The zero-order valence-electron chi connectivity index (χ0n) is 12.1. The Morgan fingerprint density at radius 3 is 2.48 bits per heavy atom. The third-order valence-corrected chi connectivity index (χ3v) is 4.31. The van der Waals surface area contributed by atoms with Gasteiger partial charge in [-0.2, -0.15) is 0 Å². The van der Waals surface area contributed by atoms with Crippen molar-refractivity contribution in [2.24, 2.45) is 0 Å². The van der Waals surface area contributed by atoms with Crippen LogP contribution in [0, 0.1) is 0 Å². The lowest BCUT2D eigenvalue weighted by molar-refractivity contribution is 0.172. The third kappa shape index (κ3) is 5.63. The van der Waals surface area contributed by atoms with Gasteiger partial charge in [0.05, 0.1) is 10.0 Å². The molecule has 0 spiro atoms. The van der Waals surface area contributed by atoms with Crippen molar-refractivity contribution in [3.8, 4) is 0 Å². The molecule has 1 N–H and O–H groups in total. The molecule has 1 aromatic rings. The molecule has 0 amide bonds. The summed E-state index contributed by atoms with van der Waals surface area (Å²) in [7, 11) is 0. The van der Waals surface area contributed by atoms with Crippen LogP contribution >= 0.6 is 48.0 Å². The summed E-state index contributed by atoms with van der Waals surface area (Å²) >= 11 is 12.5. The largest absolute Gasteiger partial charge is 0.314 e. The van der Waals surface area contributed by atoms with Crippen molar-refractivity contribution in [2.75, 3.05) is 26.2 Å². The van der Waals surface area contributed by atoms with Crippen LogP contribution in [0.2, 0.25) is 10.0 Å². The highest BCUT2D eigenvalue weighted by atomic mass is 35.5. The maximum absolute atomic E-state index is 6.39. The first-order valence-electron chi connectivity index (χ1n) is 6.62. The first-order chi connectivity index (χ1) is 9.09. The number of benzene rings is 1. The molecule has 0 aromatic heterocycles. The van der Waals surface area contributed by atoms with E-state index >= 15 is 0 Å². The van der Waals surface area contributed by atoms with Gasteiger partial charge in [-0.1, -0.05) is 40.9 Å². The maximum Gasteiger partial charge on any atom is 0.0640 e. The Balaban J connectivity index is 0.00000200. The highest BCUT2D eigenvalue weighted by molar-refractivity contribution is 6.42. The van der Waals surface area contributed by atoms with E-state index in [0.29, 0.717) is 10.0 Å². The van der Waals surface area contributed by atoms with Gasteiger partial charge in [0, 0.05) is 32.2 Å². The number of halogens is 4. The van der Waals surface area contributed by atoms with Crippen LogP contribution in [0.3, 0.4) is 0 Å². The number of nitrogens with zero attached hydrogens (tertiary/aromatic N) is 1. The summed E-state index contributed by atoms with van der Waals surface area (Å²) in [6.45, 7) is 10.2. The summed E-state index contributed by atoms with van der Waals surface area (Å²) in [6, 6.07) is 6.15. The summed E-state index contributed by atoms with van der Waals surface area (Å²) in [6.07, 6.45) is 0.917. The molecule has 1 heterocycles. The average molecular weight is 372 g/mol. The van der Waals surface area contributed by atoms with Crippen LogP contribution < -0.4 is 5.32 Å². The van der Waals surface area contributed by atoms with Crippen LogP contribution in [0.1, 0.15) is 24.9 Å². The fourth-order valence-electron chi connectivity index (χ4n) is 2.54. The second-order valence-corrected chi connectivity index (χ2v) is 5.89. The summed E-state index contributed by atoms with van der Waals surface area (Å²) in [5, 5.41) is 4.68. The third-order valence-electron chi connectivity index (χ3n) is 3.47. The lowest BCUT2D eigenvalue weighted by Crippen LogP contribution is -2.45. The minimum atomic E-state index is 0. The van der Waals surface area contributed by atoms with Crippen LogP contribution in [0.25, 0.3) is 0 Å². The Morgan fingerprint density at radius 1 is 1.29 bits per heavy atom. The summed E-state index contributed by atoms with van der Waals surface area (Å²) in [5.74, 6) is 0. The highest BCUT2D eigenvalue weighted by Gasteiger charge is 2.24. The van der Waals surface area contributed by atoms with E-state index in [4.69, 9.17) is 23.2 Å². The predicted molar refractivity (Wildman–Crippen MR) is 97.6 cm³/mol. The number of rotatable bonds is 4. The highest BCUT2D eigenvalue weighted by Crippen LogP contribution is 2.35. The molecule has 120 valence electrons. The fourth-order valence-corrected chi connectivity index (χ4v) is 2.97. The Bertz CT molecular complexity index is 459. The van der Waals surface area contributed by atoms with Gasteiger partial charge in [-0.3, -0.25) is 4.90 Å². The first kappa shape index (κ1) is 21.0. The van der Waals surface area contributed by atoms with Crippen molar-refractivity contribution in [3.05, 3.63) is 46.0 Å². The lowest BCUT2D eigenvalue weighted by atomic mass is 9.98. The average Bonchev–Trinajstić information content (AvgIpc) is 2.40. The Kier molecular flexibility index (Phi) is 9.96. The van der Waals surface area contributed by atoms with Gasteiger partial charge in [-0.15, -0.1) is 31.4 Å². The van der Waals surface area contributed by atoms with E-state index in [2.05, 4.69) is 29.8 Å². The van der Waals surface area contributed by atoms with E-state index in [1.54, 1.807) is 0 Å². The Labute approximate surface area is 149 Å². The van der Waals surface area contributed by atoms with Gasteiger partial charge >= 0.3 is 0 Å². The van der Waals surface area contributed by atoms with E-state index in [1.165, 1.54) is 5.57 Å². The zero-order chi connectivity index (χ0) is 13.8. The molecule has 0 unspecified atom stereocenters. The van der Waals surface area contributed by atoms with Gasteiger partial charge < -0.3 is 5.32 Å². The van der Waals surface area contributed by atoms with Crippen LogP contribution in [-0.4, -0.2) is 31.1 Å². The summed E-state index contributed by atoms with van der Waals surface area (Å²) in [5.41, 5.74) is 2.28. The summed E-state index contributed by atoms with van der Waals surface area (Å²) in [4.78, 5) is 2.46. The van der Waals surface area contributed by atoms with Gasteiger partial charge in [0.2, 0.25) is 0 Å². The molecule has 6 heteroatoms. The molecule has 1 fully saturated rings. The molecular weight excluding hydrogens is 350 g/mol. The number of nitrogens with one attached hydrogen (secondary N) is 1. The van der Waals surface area contributed by atoms with Gasteiger partial charge in [-0.05, 0) is 25.0 Å². The monoisotopic (exact) mass is 370 g/mol. The van der Waals surface area contributed by atoms with E-state index in [9.17, 15) is 0 Å². The van der Waals surface area contributed by atoms with E-state index in [-0.39, 0.29) is 30.9 Å². The standard InChI is InChI=1S/C15H20Cl2N2.2ClH/c1-11(2)10-14(19-8-6-18-7-9-19)12-4-3-5-13(16)15(12)17;;/h3-5,14,18H,1,6-10H2,2H3;2*1H/t14-;;/m0../s1. The van der Waals surface area contributed by atoms with Crippen LogP contribution in [-0.2, 0) is 0 Å². The molecule has 1 saturated heterocycles. The van der Waals surface area contributed by atoms with Crippen molar-refractivity contribution >= 4 is 48.0 Å². The molecule has 0 radical (unpaired) electrons. The topological polar surface area (TPSA) is 15.3 Å². The number of hydrogen-bond donors (Lipinski definition) is 1. The van der Waals surface area contributed by atoms with Crippen molar-refractivity contribution in [3.63, 3.8) is 0 Å². The summed E-state index contributed by atoms with van der Waals surface area (Å²) < 4.78 is 0. The van der Waals surface area contributed by atoms with Gasteiger partial charge in [0.25, 0.3) is 0 Å². The van der Waals surface area contributed by atoms with Crippen LogP contribution in [0.4, 0.5) is 0 Å². The number of hydrogen-bond acceptors (Lipinski definition) is 2. The van der Waals surface area contributed by atoms with Crippen LogP contribution in [0.5, 0.6) is 0 Å². The van der Waals surface area contributed by atoms with Crippen molar-refractivity contribution in [1.82, 2.24) is 10.2 Å². The molecule has 21 heavy (non-hydrogen) atoms. The minimum Gasteiger partial charge on any atom is -0.314 e. The molecule has 1 aliphatic heterocycles. The van der Waals surface area contributed by atoms with Crippen molar-refractivity contribution in [2.45, 2.75) is 19.4 Å². The maximum atomic E-state index is 6.39. The van der Waals surface area contributed by atoms with Crippen molar-refractivity contribution < 1.29 is 0 Å². The van der Waals surface area contributed by atoms with Crippen LogP contribution in [0.15, 0.2) is 30.4 Å². The second kappa shape index (κ2) is 9.94. The molecule has 0 aliphatic carbocycles. The van der Waals surface area contributed by atoms with Gasteiger partial charge in [0.15, 0.2) is 0 Å². The van der Waals surface area contributed by atoms with E-state index < -0.39 is 0 Å². The van der Waals surface area contributed by atoms with Crippen molar-refractivity contribution in [1.29, 1.82) is 0 Å². The lowest BCUT2D eigenvalue weighted by Gasteiger charge is -2.36. The molecular formula is C15H22Cl4N2.